The number of morpholine rings is 1. The number of hydrogen-bond acceptors (Lipinski definition) is 5. The number of ether oxygens (including phenoxy) is 2. The molecule has 1 fully saturated rings. The molecular formula is C26H30N2O6. The van der Waals surface area contributed by atoms with Crippen molar-refractivity contribution in [3.63, 3.8) is 0 Å². The van der Waals surface area contributed by atoms with Crippen LogP contribution < -0.4 is 5.32 Å². The summed E-state index contributed by atoms with van der Waals surface area (Å²) in [6, 6.07) is 15.2. The average Bonchev–Trinajstić information content (AvgIpc) is 3.16. The van der Waals surface area contributed by atoms with E-state index in [1.54, 1.807) is 0 Å². The molecule has 34 heavy (non-hydrogen) atoms. The first-order valence-corrected chi connectivity index (χ1v) is 11.6. The molecule has 8 heteroatoms. The van der Waals surface area contributed by atoms with E-state index in [2.05, 4.69) is 29.6 Å². The van der Waals surface area contributed by atoms with Crippen molar-refractivity contribution in [2.75, 3.05) is 32.9 Å². The maximum atomic E-state index is 13.1. The Morgan fingerprint density at radius 3 is 2.29 bits per heavy atom. The van der Waals surface area contributed by atoms with Gasteiger partial charge in [0.05, 0.1) is 19.1 Å². The molecule has 1 heterocycles. The minimum absolute atomic E-state index is 0.0360. The first kappa shape index (κ1) is 23.8. The summed E-state index contributed by atoms with van der Waals surface area (Å²) in [5.74, 6) is -2.12. The van der Waals surface area contributed by atoms with E-state index in [0.29, 0.717) is 6.61 Å². The van der Waals surface area contributed by atoms with Gasteiger partial charge >= 0.3 is 12.1 Å². The summed E-state index contributed by atoms with van der Waals surface area (Å²) < 4.78 is 10.8. The monoisotopic (exact) mass is 466 g/mol. The summed E-state index contributed by atoms with van der Waals surface area (Å²) in [5, 5.41) is 12.2. The second-order valence-corrected chi connectivity index (χ2v) is 9.02. The Labute approximate surface area is 198 Å². The van der Waals surface area contributed by atoms with Crippen molar-refractivity contribution in [1.29, 1.82) is 0 Å². The van der Waals surface area contributed by atoms with E-state index in [0.717, 1.165) is 22.3 Å². The molecule has 1 aliphatic heterocycles. The Balaban J connectivity index is 1.37. The van der Waals surface area contributed by atoms with Crippen molar-refractivity contribution in [1.82, 2.24) is 10.2 Å². The van der Waals surface area contributed by atoms with Gasteiger partial charge in [-0.1, -0.05) is 62.4 Å². The fraction of sp³-hybridized carbons (Fsp3) is 0.423. The van der Waals surface area contributed by atoms with Crippen molar-refractivity contribution in [3.05, 3.63) is 59.7 Å². The Bertz CT molecular complexity index is 1020. The third kappa shape index (κ3) is 4.77. The van der Waals surface area contributed by atoms with Crippen molar-refractivity contribution in [2.24, 2.45) is 11.8 Å². The third-order valence-corrected chi connectivity index (χ3v) is 6.63. The molecule has 2 aromatic carbocycles. The van der Waals surface area contributed by atoms with Gasteiger partial charge in [-0.2, -0.15) is 0 Å². The van der Waals surface area contributed by atoms with E-state index < -0.39 is 24.0 Å². The Kier molecular flexibility index (Phi) is 7.17. The third-order valence-electron chi connectivity index (χ3n) is 6.63. The molecule has 2 N–H and O–H groups in total. The van der Waals surface area contributed by atoms with Gasteiger partial charge < -0.3 is 24.8 Å². The van der Waals surface area contributed by atoms with Crippen LogP contribution >= 0.6 is 0 Å². The van der Waals surface area contributed by atoms with Gasteiger partial charge in [-0.15, -0.1) is 0 Å². The van der Waals surface area contributed by atoms with E-state index >= 15 is 0 Å². The van der Waals surface area contributed by atoms with Gasteiger partial charge in [0, 0.05) is 19.0 Å². The maximum Gasteiger partial charge on any atom is 0.407 e. The van der Waals surface area contributed by atoms with Gasteiger partial charge in [0.15, 0.2) is 6.04 Å². The van der Waals surface area contributed by atoms with E-state index in [1.165, 1.54) is 4.90 Å². The molecule has 2 aliphatic rings. The largest absolute Gasteiger partial charge is 0.480 e. The first-order chi connectivity index (χ1) is 16.4. The smallest absolute Gasteiger partial charge is 0.407 e. The highest BCUT2D eigenvalue weighted by Gasteiger charge is 2.37. The second kappa shape index (κ2) is 10.3. The van der Waals surface area contributed by atoms with E-state index in [9.17, 15) is 19.5 Å². The Morgan fingerprint density at radius 1 is 1.09 bits per heavy atom. The molecule has 1 aliphatic carbocycles. The number of carboxylic acids is 1. The molecule has 8 nitrogen and oxygen atoms in total. The molecule has 0 bridgehead atoms. The molecule has 2 amide bonds. The van der Waals surface area contributed by atoms with Gasteiger partial charge in [-0.05, 0) is 28.2 Å². The highest BCUT2D eigenvalue weighted by molar-refractivity contribution is 5.86. The summed E-state index contributed by atoms with van der Waals surface area (Å²) in [7, 11) is 0. The number of carboxylic acid groups (broad SMARTS) is 1. The number of fused-ring (bicyclic) bond motifs is 3. The number of aliphatic carboxylic acids is 1. The Hall–Kier alpha value is -3.39. The molecule has 0 spiro atoms. The van der Waals surface area contributed by atoms with Gasteiger partial charge in [-0.25, -0.2) is 9.59 Å². The molecule has 4 rings (SSSR count). The van der Waals surface area contributed by atoms with Crippen LogP contribution in [0.1, 0.15) is 30.9 Å². The maximum absolute atomic E-state index is 13.1. The number of rotatable bonds is 7. The SMILES string of the molecule is CC(C)C(CNC(=O)OCC1c2ccccc2-c2ccccc21)C(=O)N1CCOCC1C(=O)O. The normalized spacial score (nSPS) is 18.2. The molecule has 2 atom stereocenters. The molecule has 180 valence electrons. The highest BCUT2D eigenvalue weighted by atomic mass is 16.5. The summed E-state index contributed by atoms with van der Waals surface area (Å²) in [5.41, 5.74) is 4.55. The van der Waals surface area contributed by atoms with Crippen LogP contribution in [-0.4, -0.2) is 66.9 Å². The molecular weight excluding hydrogens is 436 g/mol. The number of carbonyl (C=O) groups excluding carboxylic acids is 2. The van der Waals surface area contributed by atoms with Gasteiger partial charge in [0.2, 0.25) is 5.91 Å². The molecule has 0 aromatic heterocycles. The number of hydrogen-bond donors (Lipinski definition) is 2. The van der Waals surface area contributed by atoms with Crippen LogP contribution in [0.5, 0.6) is 0 Å². The van der Waals surface area contributed by atoms with Crippen LogP contribution in [0, 0.1) is 11.8 Å². The molecule has 2 aromatic rings. The minimum atomic E-state index is -1.10. The van der Waals surface area contributed by atoms with Crippen molar-refractivity contribution >= 4 is 18.0 Å². The van der Waals surface area contributed by atoms with Crippen LogP contribution in [0.3, 0.4) is 0 Å². The zero-order valence-electron chi connectivity index (χ0n) is 19.4. The number of nitrogens with one attached hydrogen (secondary N) is 1. The topological polar surface area (TPSA) is 105 Å². The predicted molar refractivity (Wildman–Crippen MR) is 125 cm³/mol. The van der Waals surface area contributed by atoms with Crippen LogP contribution in [0.2, 0.25) is 0 Å². The summed E-state index contributed by atoms with van der Waals surface area (Å²) in [6.07, 6.45) is -0.600. The van der Waals surface area contributed by atoms with Crippen molar-refractivity contribution < 1.29 is 29.0 Å². The standard InChI is InChI=1S/C26H30N2O6/c1-16(2)21(24(29)28-11-12-33-15-23(28)25(30)31)13-27-26(32)34-14-22-19-9-5-3-7-17(19)18-8-4-6-10-20(18)22/h3-10,16,21-23H,11-15H2,1-2H3,(H,27,32)(H,30,31). The van der Waals surface area contributed by atoms with Crippen LogP contribution in [-0.2, 0) is 19.1 Å². The number of carbonyl (C=O) groups is 3. The fourth-order valence-electron chi connectivity index (χ4n) is 4.74. The highest BCUT2D eigenvalue weighted by Crippen LogP contribution is 2.44. The molecule has 1 saturated heterocycles. The van der Waals surface area contributed by atoms with E-state index in [1.807, 2.05) is 38.1 Å². The van der Waals surface area contributed by atoms with Crippen molar-refractivity contribution in [2.45, 2.75) is 25.8 Å². The van der Waals surface area contributed by atoms with Gasteiger partial charge in [-0.3, -0.25) is 4.79 Å². The quantitative estimate of drug-likeness (QED) is 0.650. The lowest BCUT2D eigenvalue weighted by molar-refractivity contribution is -0.161. The Morgan fingerprint density at radius 2 is 1.71 bits per heavy atom. The lowest BCUT2D eigenvalue weighted by Gasteiger charge is -2.36. The second-order valence-electron chi connectivity index (χ2n) is 9.02. The van der Waals surface area contributed by atoms with Crippen LogP contribution in [0.4, 0.5) is 4.79 Å². The molecule has 0 radical (unpaired) electrons. The van der Waals surface area contributed by atoms with Crippen LogP contribution in [0.25, 0.3) is 11.1 Å². The summed E-state index contributed by atoms with van der Waals surface area (Å²) >= 11 is 0. The van der Waals surface area contributed by atoms with Crippen molar-refractivity contribution in [3.8, 4) is 11.1 Å². The van der Waals surface area contributed by atoms with Gasteiger partial charge in [0.25, 0.3) is 0 Å². The molecule has 0 saturated carbocycles. The lowest BCUT2D eigenvalue weighted by Crippen LogP contribution is -2.56. The first-order valence-electron chi connectivity index (χ1n) is 11.6. The fourth-order valence-corrected chi connectivity index (χ4v) is 4.74. The zero-order valence-corrected chi connectivity index (χ0v) is 19.4. The minimum Gasteiger partial charge on any atom is -0.480 e. The number of amides is 2. The predicted octanol–water partition coefficient (Wildman–Crippen LogP) is 3.11. The average molecular weight is 467 g/mol. The molecule has 2 unspecified atom stereocenters. The summed E-state index contributed by atoms with van der Waals surface area (Å²) in [4.78, 5) is 38.6. The zero-order chi connectivity index (χ0) is 24.2. The van der Waals surface area contributed by atoms with E-state index in [4.69, 9.17) is 9.47 Å². The lowest BCUT2D eigenvalue weighted by atomic mass is 9.93. The number of benzene rings is 2. The van der Waals surface area contributed by atoms with Crippen LogP contribution in [0.15, 0.2) is 48.5 Å². The van der Waals surface area contributed by atoms with E-state index in [-0.39, 0.29) is 44.0 Å². The number of alkyl carbamates (subject to hydrolysis) is 1. The summed E-state index contributed by atoms with van der Waals surface area (Å²) in [6.45, 7) is 4.47. The number of nitrogens with zero attached hydrogens (tertiary/aromatic N) is 1. The van der Waals surface area contributed by atoms with Gasteiger partial charge in [0.1, 0.15) is 6.61 Å².